The lowest BCUT2D eigenvalue weighted by Gasteiger charge is -2.36. The summed E-state index contributed by atoms with van der Waals surface area (Å²) in [5.41, 5.74) is 1.33. The van der Waals surface area contributed by atoms with Gasteiger partial charge < -0.3 is 10.1 Å². The first-order chi connectivity index (χ1) is 9.59. The van der Waals surface area contributed by atoms with E-state index >= 15 is 0 Å². The number of thiazole rings is 1. The Morgan fingerprint density at radius 2 is 2.15 bits per heavy atom. The van der Waals surface area contributed by atoms with E-state index in [1.165, 1.54) is 41.3 Å². The van der Waals surface area contributed by atoms with Gasteiger partial charge in [-0.2, -0.15) is 0 Å². The minimum atomic E-state index is -0.0350. The third kappa shape index (κ3) is 2.66. The van der Waals surface area contributed by atoms with Crippen LogP contribution in [0, 0.1) is 5.92 Å². The molecular weight excluding hydrogens is 268 g/mol. The number of fused-ring (bicyclic) bond motifs is 1. The van der Waals surface area contributed by atoms with Crippen molar-refractivity contribution in [2.75, 3.05) is 13.2 Å². The Morgan fingerprint density at radius 1 is 1.35 bits per heavy atom. The highest BCUT2D eigenvalue weighted by molar-refractivity contribution is 7.11. The zero-order chi connectivity index (χ0) is 14.2. The fourth-order valence-corrected chi connectivity index (χ4v) is 4.86. The molecule has 0 bridgehead atoms. The Hall–Kier alpha value is -0.450. The maximum Gasteiger partial charge on any atom is 0.113 e. The summed E-state index contributed by atoms with van der Waals surface area (Å²) in [5.74, 6) is 0.539. The molecule has 0 amide bonds. The molecule has 20 heavy (non-hydrogen) atoms. The third-order valence-electron chi connectivity index (χ3n) is 4.62. The lowest BCUT2D eigenvalue weighted by atomic mass is 9.84. The van der Waals surface area contributed by atoms with Gasteiger partial charge in [-0.05, 0) is 52.9 Å². The topological polar surface area (TPSA) is 34.2 Å². The minimum Gasteiger partial charge on any atom is -0.381 e. The lowest BCUT2D eigenvalue weighted by molar-refractivity contribution is 0.147. The Bertz CT molecular complexity index is 442. The molecule has 0 aromatic carbocycles. The van der Waals surface area contributed by atoms with Gasteiger partial charge in [0, 0.05) is 23.4 Å². The second kappa shape index (κ2) is 5.74. The maximum absolute atomic E-state index is 5.65. The van der Waals surface area contributed by atoms with E-state index in [1.807, 2.05) is 11.3 Å². The van der Waals surface area contributed by atoms with Crippen LogP contribution in [0.25, 0.3) is 0 Å². The van der Waals surface area contributed by atoms with Crippen molar-refractivity contribution in [1.29, 1.82) is 0 Å². The van der Waals surface area contributed by atoms with Crippen molar-refractivity contribution in [2.45, 2.75) is 64.5 Å². The molecule has 2 aliphatic rings. The highest BCUT2D eigenvalue weighted by Crippen LogP contribution is 2.39. The van der Waals surface area contributed by atoms with Crippen molar-refractivity contribution in [1.82, 2.24) is 10.3 Å². The summed E-state index contributed by atoms with van der Waals surface area (Å²) >= 11 is 1.94. The molecule has 1 saturated heterocycles. The first-order valence-electron chi connectivity index (χ1n) is 7.94. The van der Waals surface area contributed by atoms with Crippen LogP contribution >= 0.6 is 11.3 Å². The average Bonchev–Trinajstić information content (AvgIpc) is 3.07. The van der Waals surface area contributed by atoms with E-state index in [2.05, 4.69) is 26.1 Å². The summed E-state index contributed by atoms with van der Waals surface area (Å²) < 4.78 is 5.65. The molecule has 2 atom stereocenters. The monoisotopic (exact) mass is 294 g/mol. The molecule has 2 unspecified atom stereocenters. The van der Waals surface area contributed by atoms with E-state index in [-0.39, 0.29) is 5.54 Å². The maximum atomic E-state index is 5.65. The van der Waals surface area contributed by atoms with Crippen LogP contribution in [0.2, 0.25) is 0 Å². The summed E-state index contributed by atoms with van der Waals surface area (Å²) in [6.07, 6.45) is 6.17. The van der Waals surface area contributed by atoms with Crippen LogP contribution in [-0.2, 0) is 23.1 Å². The van der Waals surface area contributed by atoms with Gasteiger partial charge in [0.2, 0.25) is 0 Å². The number of ether oxygens (including phenoxy) is 1. The van der Waals surface area contributed by atoms with Crippen LogP contribution in [0.15, 0.2) is 0 Å². The quantitative estimate of drug-likeness (QED) is 0.925. The van der Waals surface area contributed by atoms with E-state index in [1.54, 1.807) is 0 Å². The first-order valence-corrected chi connectivity index (χ1v) is 8.75. The number of hydrogen-bond acceptors (Lipinski definition) is 4. The fraction of sp³-hybridized carbons (Fsp3) is 0.812. The van der Waals surface area contributed by atoms with Gasteiger partial charge in [-0.15, -0.1) is 11.3 Å². The van der Waals surface area contributed by atoms with E-state index < -0.39 is 0 Å². The number of aromatic nitrogens is 1. The SMILES string of the molecule is CC(C)NC(C)(c1nc2c(s1)CCCC2)C1CCOC1. The molecule has 1 aliphatic heterocycles. The molecule has 1 fully saturated rings. The van der Waals surface area contributed by atoms with Crippen molar-refractivity contribution >= 4 is 11.3 Å². The number of hydrogen-bond donors (Lipinski definition) is 1. The number of nitrogens with one attached hydrogen (secondary N) is 1. The Kier molecular flexibility index (Phi) is 4.16. The molecule has 2 heterocycles. The molecule has 3 rings (SSSR count). The molecule has 0 radical (unpaired) electrons. The van der Waals surface area contributed by atoms with Gasteiger partial charge in [-0.25, -0.2) is 4.98 Å². The molecule has 112 valence electrons. The van der Waals surface area contributed by atoms with Crippen molar-refractivity contribution in [3.63, 3.8) is 0 Å². The summed E-state index contributed by atoms with van der Waals surface area (Å²) in [6, 6.07) is 0.460. The highest BCUT2D eigenvalue weighted by Gasteiger charge is 2.41. The minimum absolute atomic E-state index is 0.0350. The van der Waals surface area contributed by atoms with Crippen LogP contribution < -0.4 is 5.32 Å². The summed E-state index contributed by atoms with van der Waals surface area (Å²) in [6.45, 7) is 8.53. The molecule has 1 N–H and O–H groups in total. The van der Waals surface area contributed by atoms with Gasteiger partial charge in [0.1, 0.15) is 5.01 Å². The van der Waals surface area contributed by atoms with Crippen LogP contribution in [-0.4, -0.2) is 24.2 Å². The van der Waals surface area contributed by atoms with Crippen molar-refractivity contribution in [2.24, 2.45) is 5.92 Å². The summed E-state index contributed by atoms with van der Waals surface area (Å²) in [5, 5.41) is 5.08. The smallest absolute Gasteiger partial charge is 0.113 e. The second-order valence-electron chi connectivity index (χ2n) is 6.66. The number of rotatable bonds is 4. The van der Waals surface area contributed by atoms with Crippen LogP contribution in [0.1, 0.15) is 55.6 Å². The van der Waals surface area contributed by atoms with Crippen LogP contribution in [0.4, 0.5) is 0 Å². The van der Waals surface area contributed by atoms with Crippen molar-refractivity contribution in [3.05, 3.63) is 15.6 Å². The molecule has 0 spiro atoms. The van der Waals surface area contributed by atoms with Crippen LogP contribution in [0.3, 0.4) is 0 Å². The van der Waals surface area contributed by atoms with Crippen molar-refractivity contribution < 1.29 is 4.74 Å². The summed E-state index contributed by atoms with van der Waals surface area (Å²) in [4.78, 5) is 6.55. The van der Waals surface area contributed by atoms with Gasteiger partial charge >= 0.3 is 0 Å². The largest absolute Gasteiger partial charge is 0.381 e. The predicted molar refractivity (Wildman–Crippen MR) is 83.3 cm³/mol. The molecular formula is C16H26N2OS. The Morgan fingerprint density at radius 3 is 2.80 bits per heavy atom. The van der Waals surface area contributed by atoms with Gasteiger partial charge in [0.25, 0.3) is 0 Å². The molecule has 3 nitrogen and oxygen atoms in total. The fourth-order valence-electron chi connectivity index (χ4n) is 3.52. The third-order valence-corrected chi connectivity index (χ3v) is 6.02. The van der Waals surface area contributed by atoms with Gasteiger partial charge in [0.15, 0.2) is 0 Å². The number of aryl methyl sites for hydroxylation is 2. The van der Waals surface area contributed by atoms with Gasteiger partial charge in [-0.1, -0.05) is 0 Å². The lowest BCUT2D eigenvalue weighted by Crippen LogP contribution is -2.49. The standard InChI is InChI=1S/C16H26N2OS/c1-11(2)18-16(3,12-8-9-19-10-12)15-17-13-6-4-5-7-14(13)20-15/h11-12,18H,4-10H2,1-3H3. The molecule has 1 aromatic rings. The molecule has 1 aromatic heterocycles. The molecule has 4 heteroatoms. The zero-order valence-corrected chi connectivity index (χ0v) is 13.7. The predicted octanol–water partition coefficient (Wildman–Crippen LogP) is 3.27. The first kappa shape index (κ1) is 14.5. The second-order valence-corrected chi connectivity index (χ2v) is 7.74. The van der Waals surface area contributed by atoms with E-state index in [4.69, 9.17) is 9.72 Å². The van der Waals surface area contributed by atoms with Crippen molar-refractivity contribution in [3.8, 4) is 0 Å². The number of nitrogens with zero attached hydrogens (tertiary/aromatic N) is 1. The van der Waals surface area contributed by atoms with Gasteiger partial charge in [-0.3, -0.25) is 0 Å². The average molecular weight is 294 g/mol. The zero-order valence-electron chi connectivity index (χ0n) is 12.9. The van der Waals surface area contributed by atoms with E-state index in [9.17, 15) is 0 Å². The highest BCUT2D eigenvalue weighted by atomic mass is 32.1. The normalized spacial score (nSPS) is 25.7. The van der Waals surface area contributed by atoms with E-state index in [0.717, 1.165) is 19.6 Å². The Balaban J connectivity index is 1.93. The van der Waals surface area contributed by atoms with E-state index in [0.29, 0.717) is 12.0 Å². The molecule has 1 aliphatic carbocycles. The summed E-state index contributed by atoms with van der Waals surface area (Å²) in [7, 11) is 0. The van der Waals surface area contributed by atoms with Crippen LogP contribution in [0.5, 0.6) is 0 Å². The molecule has 0 saturated carbocycles. The Labute approximate surface area is 126 Å². The van der Waals surface area contributed by atoms with Gasteiger partial charge in [0.05, 0.1) is 17.8 Å².